The van der Waals surface area contributed by atoms with Gasteiger partial charge < -0.3 is 15.2 Å². The molecule has 2 aromatic rings. The van der Waals surface area contributed by atoms with E-state index in [1.165, 1.54) is 0 Å². The zero-order chi connectivity index (χ0) is 13.6. The molecule has 0 bridgehead atoms. The molecular formula is C13H14ClN3O2. The van der Waals surface area contributed by atoms with Gasteiger partial charge in [-0.15, -0.1) is 0 Å². The Labute approximate surface area is 115 Å². The Morgan fingerprint density at radius 3 is 2.79 bits per heavy atom. The third-order valence-electron chi connectivity index (χ3n) is 3.29. The molecule has 0 saturated carbocycles. The number of anilines is 1. The average Bonchev–Trinajstić information content (AvgIpc) is 2.97. The Balaban J connectivity index is 1.99. The molecule has 1 aliphatic heterocycles. The fourth-order valence-electron chi connectivity index (χ4n) is 2.15. The van der Waals surface area contributed by atoms with Crippen molar-refractivity contribution in [1.29, 1.82) is 0 Å². The van der Waals surface area contributed by atoms with E-state index in [0.29, 0.717) is 10.8 Å². The van der Waals surface area contributed by atoms with Crippen LogP contribution in [0.5, 0.6) is 11.5 Å². The molecule has 6 heteroatoms. The second-order valence-electron chi connectivity index (χ2n) is 4.52. The molecule has 19 heavy (non-hydrogen) atoms. The van der Waals surface area contributed by atoms with Gasteiger partial charge in [0.05, 0.1) is 11.7 Å². The highest BCUT2D eigenvalue weighted by atomic mass is 35.5. The van der Waals surface area contributed by atoms with Crippen LogP contribution in [-0.4, -0.2) is 16.6 Å². The van der Waals surface area contributed by atoms with Crippen LogP contribution in [0.15, 0.2) is 18.2 Å². The summed E-state index contributed by atoms with van der Waals surface area (Å²) in [6.07, 6.45) is 0. The number of aryl methyl sites for hydroxylation is 1. The zero-order valence-corrected chi connectivity index (χ0v) is 11.4. The molecule has 100 valence electrons. The number of fused-ring (bicyclic) bond motifs is 1. The highest BCUT2D eigenvalue weighted by Crippen LogP contribution is 2.36. The lowest BCUT2D eigenvalue weighted by molar-refractivity contribution is 0.174. The van der Waals surface area contributed by atoms with Crippen molar-refractivity contribution in [1.82, 2.24) is 9.78 Å². The van der Waals surface area contributed by atoms with E-state index in [-0.39, 0.29) is 12.8 Å². The quantitative estimate of drug-likeness (QED) is 0.918. The molecule has 5 nitrogen and oxygen atoms in total. The number of benzene rings is 1. The number of nitrogen functional groups attached to an aromatic ring is 1. The summed E-state index contributed by atoms with van der Waals surface area (Å²) >= 11 is 6.07. The maximum Gasteiger partial charge on any atom is 0.231 e. The number of hydrogen-bond acceptors (Lipinski definition) is 4. The van der Waals surface area contributed by atoms with E-state index in [1.54, 1.807) is 4.68 Å². The summed E-state index contributed by atoms with van der Waals surface area (Å²) in [7, 11) is 0. The van der Waals surface area contributed by atoms with Gasteiger partial charge in [0.15, 0.2) is 11.5 Å². The number of ether oxygens (including phenoxy) is 2. The molecule has 0 radical (unpaired) electrons. The van der Waals surface area contributed by atoms with E-state index in [4.69, 9.17) is 26.8 Å². The first kappa shape index (κ1) is 12.2. The summed E-state index contributed by atoms with van der Waals surface area (Å²) in [6.45, 7) is 4.11. The van der Waals surface area contributed by atoms with Gasteiger partial charge in [0.1, 0.15) is 10.8 Å². The first-order valence-electron chi connectivity index (χ1n) is 5.97. The fourth-order valence-corrected chi connectivity index (χ4v) is 2.28. The number of rotatable bonds is 2. The number of hydrogen-bond donors (Lipinski definition) is 1. The van der Waals surface area contributed by atoms with Crippen LogP contribution in [-0.2, 0) is 0 Å². The Bertz CT molecular complexity index is 639. The van der Waals surface area contributed by atoms with Crippen molar-refractivity contribution in [3.63, 3.8) is 0 Å². The third-order valence-corrected chi connectivity index (χ3v) is 3.76. The number of aromatic nitrogens is 2. The van der Waals surface area contributed by atoms with E-state index in [1.807, 2.05) is 32.0 Å². The maximum atomic E-state index is 6.07. The average molecular weight is 280 g/mol. The van der Waals surface area contributed by atoms with Gasteiger partial charge in [-0.3, -0.25) is 0 Å². The van der Waals surface area contributed by atoms with E-state index in [0.717, 1.165) is 22.8 Å². The summed E-state index contributed by atoms with van der Waals surface area (Å²) in [5.74, 6) is 1.99. The standard InChI is InChI=1S/C13H14ClN3O2/c1-7-12(14)13(15)17(16-7)8(2)9-3-4-10-11(5-9)19-6-18-10/h3-5,8H,6,15H2,1-2H3. The molecule has 1 unspecified atom stereocenters. The molecule has 2 N–H and O–H groups in total. The van der Waals surface area contributed by atoms with Gasteiger partial charge in [-0.25, -0.2) is 4.68 Å². The van der Waals surface area contributed by atoms with Gasteiger partial charge in [0.25, 0.3) is 0 Å². The zero-order valence-electron chi connectivity index (χ0n) is 10.7. The molecule has 1 aromatic heterocycles. The van der Waals surface area contributed by atoms with Crippen molar-refractivity contribution in [3.8, 4) is 11.5 Å². The first-order valence-corrected chi connectivity index (χ1v) is 6.35. The summed E-state index contributed by atoms with van der Waals surface area (Å²) in [5, 5.41) is 4.87. The van der Waals surface area contributed by atoms with Crippen LogP contribution in [0.2, 0.25) is 5.02 Å². The molecule has 0 spiro atoms. The number of nitrogens with zero attached hydrogens (tertiary/aromatic N) is 2. The molecule has 0 amide bonds. The van der Waals surface area contributed by atoms with Crippen LogP contribution in [0, 0.1) is 6.92 Å². The molecule has 1 aliphatic rings. The van der Waals surface area contributed by atoms with E-state index in [2.05, 4.69) is 5.10 Å². The molecule has 1 aromatic carbocycles. The monoisotopic (exact) mass is 279 g/mol. The molecule has 0 aliphatic carbocycles. The molecule has 3 rings (SSSR count). The highest BCUT2D eigenvalue weighted by molar-refractivity contribution is 6.33. The van der Waals surface area contributed by atoms with Crippen LogP contribution in [0.4, 0.5) is 5.82 Å². The fraction of sp³-hybridized carbons (Fsp3) is 0.308. The Morgan fingerprint density at radius 1 is 1.37 bits per heavy atom. The van der Waals surface area contributed by atoms with E-state index < -0.39 is 0 Å². The molecule has 1 atom stereocenters. The van der Waals surface area contributed by atoms with Gasteiger partial charge in [-0.2, -0.15) is 5.10 Å². The molecule has 0 fully saturated rings. The van der Waals surface area contributed by atoms with Crippen LogP contribution < -0.4 is 15.2 Å². The molecule has 2 heterocycles. The van der Waals surface area contributed by atoms with E-state index >= 15 is 0 Å². The van der Waals surface area contributed by atoms with Crippen LogP contribution in [0.3, 0.4) is 0 Å². The lowest BCUT2D eigenvalue weighted by Crippen LogP contribution is -2.11. The van der Waals surface area contributed by atoms with Crippen molar-refractivity contribution in [2.45, 2.75) is 19.9 Å². The molecular weight excluding hydrogens is 266 g/mol. The topological polar surface area (TPSA) is 62.3 Å². The predicted molar refractivity (Wildman–Crippen MR) is 72.8 cm³/mol. The van der Waals surface area contributed by atoms with Gasteiger partial charge in [-0.05, 0) is 31.5 Å². The van der Waals surface area contributed by atoms with Gasteiger partial charge in [0.2, 0.25) is 6.79 Å². The second kappa shape index (κ2) is 4.35. The smallest absolute Gasteiger partial charge is 0.231 e. The Morgan fingerprint density at radius 2 is 2.11 bits per heavy atom. The summed E-state index contributed by atoms with van der Waals surface area (Å²) in [4.78, 5) is 0. The second-order valence-corrected chi connectivity index (χ2v) is 4.90. The van der Waals surface area contributed by atoms with Crippen LogP contribution in [0.1, 0.15) is 24.2 Å². The minimum absolute atomic E-state index is 0.0271. The van der Waals surface area contributed by atoms with Crippen molar-refractivity contribution in [2.75, 3.05) is 12.5 Å². The Kier molecular flexibility index (Phi) is 2.78. The van der Waals surface area contributed by atoms with E-state index in [9.17, 15) is 0 Å². The minimum atomic E-state index is -0.0271. The maximum absolute atomic E-state index is 6.07. The predicted octanol–water partition coefficient (Wildman–Crippen LogP) is 2.77. The Hall–Kier alpha value is -1.88. The third kappa shape index (κ3) is 1.90. The summed E-state index contributed by atoms with van der Waals surface area (Å²) < 4.78 is 12.4. The van der Waals surface area contributed by atoms with Crippen molar-refractivity contribution in [2.24, 2.45) is 0 Å². The highest BCUT2D eigenvalue weighted by Gasteiger charge is 2.20. The number of nitrogens with two attached hydrogens (primary N) is 1. The lowest BCUT2D eigenvalue weighted by Gasteiger charge is -2.14. The normalized spacial score (nSPS) is 14.7. The van der Waals surface area contributed by atoms with Crippen LogP contribution in [0.25, 0.3) is 0 Å². The van der Waals surface area contributed by atoms with Crippen molar-refractivity contribution < 1.29 is 9.47 Å². The van der Waals surface area contributed by atoms with Gasteiger partial charge in [0, 0.05) is 0 Å². The largest absolute Gasteiger partial charge is 0.454 e. The number of halogens is 1. The SMILES string of the molecule is Cc1nn(C(C)c2ccc3c(c2)OCO3)c(N)c1Cl. The minimum Gasteiger partial charge on any atom is -0.454 e. The lowest BCUT2D eigenvalue weighted by atomic mass is 10.1. The van der Waals surface area contributed by atoms with Crippen molar-refractivity contribution in [3.05, 3.63) is 34.5 Å². The summed E-state index contributed by atoms with van der Waals surface area (Å²) in [5.41, 5.74) is 7.73. The van der Waals surface area contributed by atoms with Crippen molar-refractivity contribution >= 4 is 17.4 Å². The first-order chi connectivity index (χ1) is 9.08. The molecule has 0 saturated heterocycles. The van der Waals surface area contributed by atoms with Gasteiger partial charge in [-0.1, -0.05) is 17.7 Å². The van der Waals surface area contributed by atoms with Gasteiger partial charge >= 0.3 is 0 Å². The van der Waals surface area contributed by atoms with Crippen LogP contribution >= 0.6 is 11.6 Å². The summed E-state index contributed by atoms with van der Waals surface area (Å²) in [6, 6.07) is 5.78.